The van der Waals surface area contributed by atoms with Crippen molar-refractivity contribution in [2.45, 2.75) is 19.5 Å². The number of hydrogen-bond acceptors (Lipinski definition) is 2. The predicted molar refractivity (Wildman–Crippen MR) is 133 cm³/mol. The maximum Gasteiger partial charge on any atom is 0.191 e. The second-order valence-corrected chi connectivity index (χ2v) is 7.16. The van der Waals surface area contributed by atoms with Crippen molar-refractivity contribution < 1.29 is 4.39 Å². The molecule has 31 heavy (non-hydrogen) atoms. The van der Waals surface area contributed by atoms with Gasteiger partial charge in [-0.2, -0.15) is 0 Å². The topological polar surface area (TPSA) is 70.0 Å². The minimum Gasteiger partial charge on any atom is -0.361 e. The monoisotopic (exact) mass is 532 g/mol. The van der Waals surface area contributed by atoms with Crippen LogP contribution in [0.1, 0.15) is 16.7 Å². The zero-order chi connectivity index (χ0) is 20.8. The van der Waals surface area contributed by atoms with Crippen LogP contribution in [0.5, 0.6) is 0 Å². The van der Waals surface area contributed by atoms with E-state index in [0.717, 1.165) is 35.4 Å². The van der Waals surface area contributed by atoms with Crippen molar-refractivity contribution >= 4 is 40.8 Å². The van der Waals surface area contributed by atoms with E-state index in [0.29, 0.717) is 13.1 Å². The van der Waals surface area contributed by atoms with E-state index in [2.05, 4.69) is 49.9 Å². The molecule has 0 saturated heterocycles. The van der Waals surface area contributed by atoms with Gasteiger partial charge in [0.05, 0.1) is 6.33 Å². The average Bonchev–Trinajstić information content (AvgIpc) is 3.40. The quantitative estimate of drug-likeness (QED) is 0.191. The second kappa shape index (κ2) is 10.9. The summed E-state index contributed by atoms with van der Waals surface area (Å²) in [6.45, 7) is 2.17. The number of H-pyrrole nitrogens is 1. The van der Waals surface area contributed by atoms with E-state index in [1.165, 1.54) is 17.2 Å². The molecule has 0 fully saturated rings. The lowest BCUT2D eigenvalue weighted by Gasteiger charge is -2.12. The average molecular weight is 532 g/mol. The van der Waals surface area contributed by atoms with Gasteiger partial charge in [-0.3, -0.25) is 4.99 Å². The first-order valence-electron chi connectivity index (χ1n) is 9.95. The number of imidazole rings is 1. The molecule has 0 amide bonds. The van der Waals surface area contributed by atoms with Crippen LogP contribution in [0.15, 0.2) is 72.4 Å². The lowest BCUT2D eigenvalue weighted by atomic mass is 10.1. The van der Waals surface area contributed by atoms with Crippen LogP contribution in [0.4, 0.5) is 4.39 Å². The van der Waals surface area contributed by atoms with Crippen molar-refractivity contribution in [3.8, 4) is 0 Å². The molecule has 2 aromatic heterocycles. The third-order valence-electron chi connectivity index (χ3n) is 5.02. The number of aromatic nitrogens is 3. The van der Waals surface area contributed by atoms with E-state index < -0.39 is 0 Å². The molecule has 2 aromatic carbocycles. The van der Waals surface area contributed by atoms with Gasteiger partial charge in [-0.05, 0) is 41.3 Å². The SMILES string of the molecule is CN=C(NCCc1c[nH]c2ccc(F)cc12)NCc1cccc(Cn2ccnc2)c1.I. The van der Waals surface area contributed by atoms with Crippen LogP contribution in [0, 0.1) is 5.82 Å². The fraction of sp³-hybridized carbons (Fsp3) is 0.217. The van der Waals surface area contributed by atoms with Crippen molar-refractivity contribution in [3.05, 3.63) is 89.9 Å². The van der Waals surface area contributed by atoms with E-state index in [-0.39, 0.29) is 29.8 Å². The van der Waals surface area contributed by atoms with E-state index in [1.807, 2.05) is 23.3 Å². The fourth-order valence-corrected chi connectivity index (χ4v) is 3.51. The number of benzene rings is 2. The number of guanidine groups is 1. The van der Waals surface area contributed by atoms with Crippen molar-refractivity contribution in [2.24, 2.45) is 4.99 Å². The van der Waals surface area contributed by atoms with Crippen molar-refractivity contribution in [1.82, 2.24) is 25.2 Å². The first kappa shape index (κ1) is 22.8. The van der Waals surface area contributed by atoms with Crippen LogP contribution in [0.3, 0.4) is 0 Å². The summed E-state index contributed by atoms with van der Waals surface area (Å²) in [5.41, 5.74) is 4.44. The molecule has 0 aliphatic rings. The Bertz CT molecular complexity index is 1140. The number of halogens is 2. The third kappa shape index (κ3) is 6.06. The summed E-state index contributed by atoms with van der Waals surface area (Å²) < 4.78 is 15.6. The Balaban J connectivity index is 0.00000272. The molecule has 2 heterocycles. The Morgan fingerprint density at radius 3 is 2.84 bits per heavy atom. The molecule has 6 nitrogen and oxygen atoms in total. The van der Waals surface area contributed by atoms with Gasteiger partial charge in [0, 0.05) is 56.2 Å². The minimum atomic E-state index is -0.218. The number of nitrogens with zero attached hydrogens (tertiary/aromatic N) is 3. The summed E-state index contributed by atoms with van der Waals surface area (Å²) in [4.78, 5) is 11.6. The van der Waals surface area contributed by atoms with Crippen molar-refractivity contribution in [3.63, 3.8) is 0 Å². The van der Waals surface area contributed by atoms with Gasteiger partial charge in [-0.15, -0.1) is 24.0 Å². The highest BCUT2D eigenvalue weighted by Crippen LogP contribution is 2.19. The van der Waals surface area contributed by atoms with E-state index in [9.17, 15) is 4.39 Å². The lowest BCUT2D eigenvalue weighted by Crippen LogP contribution is -2.37. The standard InChI is InChI=1S/C23H25FN6.HI/c1-25-23(27-8-7-19-14-28-22-6-5-20(24)12-21(19)22)29-13-17-3-2-4-18(11-17)15-30-10-9-26-16-30;/h2-6,9-12,14,16,28H,7-8,13,15H2,1H3,(H2,25,27,29);1H. The Kier molecular flexibility index (Phi) is 8.05. The molecule has 0 spiro atoms. The number of aliphatic imine (C=N–C) groups is 1. The molecule has 3 N–H and O–H groups in total. The molecule has 0 radical (unpaired) electrons. The van der Waals surface area contributed by atoms with Gasteiger partial charge in [0.15, 0.2) is 5.96 Å². The van der Waals surface area contributed by atoms with Crippen LogP contribution < -0.4 is 10.6 Å². The van der Waals surface area contributed by atoms with E-state index in [4.69, 9.17) is 0 Å². The van der Waals surface area contributed by atoms with Crippen LogP contribution in [0.25, 0.3) is 10.9 Å². The zero-order valence-electron chi connectivity index (χ0n) is 17.3. The summed E-state index contributed by atoms with van der Waals surface area (Å²) in [6, 6.07) is 13.3. The normalized spacial score (nSPS) is 11.4. The van der Waals surface area contributed by atoms with Crippen LogP contribution in [-0.2, 0) is 19.5 Å². The third-order valence-corrected chi connectivity index (χ3v) is 5.02. The molecule has 0 saturated carbocycles. The highest BCUT2D eigenvalue weighted by atomic mass is 127. The van der Waals surface area contributed by atoms with Crippen LogP contribution in [0.2, 0.25) is 0 Å². The van der Waals surface area contributed by atoms with Gasteiger partial charge in [0.25, 0.3) is 0 Å². The van der Waals surface area contributed by atoms with Gasteiger partial charge in [0.1, 0.15) is 5.82 Å². The van der Waals surface area contributed by atoms with Gasteiger partial charge in [-0.1, -0.05) is 24.3 Å². The maximum absolute atomic E-state index is 13.5. The van der Waals surface area contributed by atoms with Gasteiger partial charge >= 0.3 is 0 Å². The highest BCUT2D eigenvalue weighted by molar-refractivity contribution is 14.0. The molecule has 162 valence electrons. The molecule has 4 rings (SSSR count). The summed E-state index contributed by atoms with van der Waals surface area (Å²) in [7, 11) is 1.76. The highest BCUT2D eigenvalue weighted by Gasteiger charge is 2.06. The number of hydrogen-bond donors (Lipinski definition) is 3. The van der Waals surface area contributed by atoms with E-state index in [1.54, 1.807) is 25.4 Å². The molecular formula is C23H26FIN6. The molecular weight excluding hydrogens is 506 g/mol. The summed E-state index contributed by atoms with van der Waals surface area (Å²) in [5, 5.41) is 7.60. The molecule has 0 aliphatic heterocycles. The van der Waals surface area contributed by atoms with Crippen molar-refractivity contribution in [2.75, 3.05) is 13.6 Å². The molecule has 0 bridgehead atoms. The fourth-order valence-electron chi connectivity index (χ4n) is 3.51. The Morgan fingerprint density at radius 2 is 2.03 bits per heavy atom. The molecule has 8 heteroatoms. The lowest BCUT2D eigenvalue weighted by molar-refractivity contribution is 0.629. The summed E-state index contributed by atoms with van der Waals surface area (Å²) >= 11 is 0. The number of aromatic amines is 1. The van der Waals surface area contributed by atoms with Crippen LogP contribution >= 0.6 is 24.0 Å². The molecule has 0 atom stereocenters. The zero-order valence-corrected chi connectivity index (χ0v) is 19.6. The summed E-state index contributed by atoms with van der Waals surface area (Å²) in [5.74, 6) is 0.519. The first-order chi connectivity index (χ1) is 14.7. The van der Waals surface area contributed by atoms with Crippen LogP contribution in [-0.4, -0.2) is 34.1 Å². The number of nitrogens with one attached hydrogen (secondary N) is 3. The Labute approximate surface area is 198 Å². The predicted octanol–water partition coefficient (Wildman–Crippen LogP) is 4.08. The van der Waals surface area contributed by atoms with E-state index >= 15 is 0 Å². The molecule has 0 unspecified atom stereocenters. The smallest absolute Gasteiger partial charge is 0.191 e. The summed E-state index contributed by atoms with van der Waals surface area (Å²) in [6.07, 6.45) is 8.27. The molecule has 0 aliphatic carbocycles. The van der Waals surface area contributed by atoms with Crippen molar-refractivity contribution in [1.29, 1.82) is 0 Å². The van der Waals surface area contributed by atoms with Gasteiger partial charge in [-0.25, -0.2) is 9.37 Å². The number of fused-ring (bicyclic) bond motifs is 1. The maximum atomic E-state index is 13.5. The minimum absolute atomic E-state index is 0. The largest absolute Gasteiger partial charge is 0.361 e. The first-order valence-corrected chi connectivity index (χ1v) is 9.95. The molecule has 4 aromatic rings. The Morgan fingerprint density at radius 1 is 1.16 bits per heavy atom. The van der Waals surface area contributed by atoms with Gasteiger partial charge in [0.2, 0.25) is 0 Å². The Hall–Kier alpha value is -2.88. The second-order valence-electron chi connectivity index (χ2n) is 7.16. The number of rotatable bonds is 7. The van der Waals surface area contributed by atoms with Gasteiger partial charge < -0.3 is 20.2 Å².